The zero-order valence-corrected chi connectivity index (χ0v) is 95.9. The van der Waals surface area contributed by atoms with Crippen LogP contribution in [0, 0.1) is 29.6 Å². The average Bonchev–Trinajstić information content (AvgIpc) is 1.70. The number of hydrogen-bond donors (Lipinski definition) is 4. The Labute approximate surface area is 862 Å². The third kappa shape index (κ3) is 30.8. The van der Waals surface area contributed by atoms with E-state index in [2.05, 4.69) is 194 Å². The first-order valence-corrected chi connectivity index (χ1v) is 66.3. The number of Topliss-reactive ketones (excluding diaryl/α,β-unsaturated/α-hetero) is 1. The highest BCUT2D eigenvalue weighted by Crippen LogP contribution is 2.53. The van der Waals surface area contributed by atoms with Crippen LogP contribution in [0.15, 0.2) is 94.0 Å². The second-order valence-electron chi connectivity index (χ2n) is 47.8. The monoisotopic (exact) mass is 2190 g/mol. The third-order valence-corrected chi connectivity index (χ3v) is 49.8. The summed E-state index contributed by atoms with van der Waals surface area (Å²) in [5.41, 5.74) is 8.24. The van der Waals surface area contributed by atoms with Gasteiger partial charge in [0, 0.05) is 90.3 Å². The van der Waals surface area contributed by atoms with Gasteiger partial charge in [-0.3, -0.25) is 4.79 Å². The van der Waals surface area contributed by atoms with E-state index in [9.17, 15) is 33.3 Å². The molecule has 13 heterocycles. The molecule has 6 N–H and O–H groups in total. The number of ether oxygens (including phenoxy) is 14. The molecule has 14 rings (SSSR count). The van der Waals surface area contributed by atoms with Crippen molar-refractivity contribution in [1.29, 1.82) is 0 Å². The SMILES string of the molecule is C=C1C[C@@H]2CC[C@]34CC[C@H](O3)[C@@H]3O[C@H]5CCC(CC(=O)C[C@@H]6[C@@H](OC)[C@@H](C[C@H](O)C[NH3+])O[C@H]6C[C@H]6O[C@@H](CC[C@@H]1O2)C[C@@H](C)C6=C)O[C@@H]5[C@H](O4)[C@@H]3O.C=C1C[C@H](CCCO)O[C@H]1CC[C@H]1C[C@@H](C)C(=C)[C@@H](C[C@@H]2O[C@H](C[C@H](C)CC)[C@H](OC)[C@H]2CS(=O)(=O)c2ccccc2)O1.CC(C)(C)[Si](C)(C)O[C@@H]1[C@H](O[Si](C)(C)C(C)(C)C)[C@H]([C@H](/C=C/I)O[Si](C)(C)C(C)(C)C)O[C@H]2CC[C@H](CC=O)O[C@H]12.CS(=O)(=O)[O-]. The number of carbonyl (C=O) groups is 2. The van der Waals surface area contributed by atoms with E-state index in [4.69, 9.17) is 92.6 Å². The van der Waals surface area contributed by atoms with Crippen LogP contribution in [-0.2, 0) is 109 Å². The molecule has 34 heteroatoms. The molecule has 13 aliphatic heterocycles. The van der Waals surface area contributed by atoms with Crippen molar-refractivity contribution in [2.24, 2.45) is 29.6 Å². The van der Waals surface area contributed by atoms with E-state index in [0.29, 0.717) is 68.6 Å². The average molecular weight is 2190 g/mol. The predicted octanol–water partition coefficient (Wildman–Crippen LogP) is 17.2. The van der Waals surface area contributed by atoms with Crippen molar-refractivity contribution in [1.82, 2.24) is 0 Å². The first-order chi connectivity index (χ1) is 66.0. The van der Waals surface area contributed by atoms with Crippen molar-refractivity contribution in [2.75, 3.05) is 39.4 Å². The number of fused-ring (bicyclic) bond motifs is 10. The molecule has 1 aromatic carbocycles. The van der Waals surface area contributed by atoms with Crippen molar-refractivity contribution < 1.29 is 132 Å². The van der Waals surface area contributed by atoms with Crippen LogP contribution in [0.2, 0.25) is 54.4 Å². The van der Waals surface area contributed by atoms with E-state index in [0.717, 1.165) is 138 Å². The minimum Gasteiger partial charge on any atom is -0.748 e. The summed E-state index contributed by atoms with van der Waals surface area (Å²) >= 11 is 2.29. The van der Waals surface area contributed by atoms with Gasteiger partial charge in [0.15, 0.2) is 40.6 Å². The number of aliphatic hydroxyl groups excluding tert-OH is 3. The quantitative estimate of drug-likeness (QED) is 0.0190. The lowest BCUT2D eigenvalue weighted by Gasteiger charge is -2.56. The second-order valence-corrected chi connectivity index (χ2v) is 66.2. The minimum atomic E-state index is -3.92. The zero-order chi connectivity index (χ0) is 104. The van der Waals surface area contributed by atoms with Crippen LogP contribution in [-0.4, -0.2) is 296 Å². The molecule has 0 amide bonds. The molecule has 1 spiro atoms. The summed E-state index contributed by atoms with van der Waals surface area (Å²) in [7, 11) is -10.8. The molecule has 35 atom stereocenters. The molecule has 28 nitrogen and oxygen atoms in total. The van der Waals surface area contributed by atoms with E-state index in [-0.39, 0.29) is 216 Å². The highest BCUT2D eigenvalue weighted by molar-refractivity contribution is 14.1. The molecule has 0 saturated carbocycles. The van der Waals surface area contributed by atoms with Gasteiger partial charge in [-0.05, 0) is 226 Å². The fourth-order valence-electron chi connectivity index (χ4n) is 22.6. The number of methoxy groups -OCH3 is 2. The van der Waals surface area contributed by atoms with Gasteiger partial charge in [-0.25, -0.2) is 16.8 Å². The first kappa shape index (κ1) is 119. The molecule has 13 fully saturated rings. The Morgan fingerprint density at radius 2 is 1.21 bits per heavy atom. The van der Waals surface area contributed by atoms with Crippen LogP contribution >= 0.6 is 22.6 Å². The fourth-order valence-corrected chi connectivity index (χ4v) is 28.5. The van der Waals surface area contributed by atoms with Gasteiger partial charge in [0.2, 0.25) is 0 Å². The van der Waals surface area contributed by atoms with Crippen molar-refractivity contribution in [3.05, 3.63) is 89.1 Å². The summed E-state index contributed by atoms with van der Waals surface area (Å²) < 4.78 is 170. The van der Waals surface area contributed by atoms with E-state index < -0.39 is 81.2 Å². The zero-order valence-electron chi connectivity index (χ0n) is 89.1. The van der Waals surface area contributed by atoms with Gasteiger partial charge in [0.25, 0.3) is 0 Å². The number of benzene rings is 1. The van der Waals surface area contributed by atoms with Crippen LogP contribution < -0.4 is 5.73 Å². The van der Waals surface area contributed by atoms with Crippen LogP contribution in [0.25, 0.3) is 0 Å². The second kappa shape index (κ2) is 50.5. The van der Waals surface area contributed by atoms with E-state index in [1.807, 2.05) is 6.07 Å². The van der Waals surface area contributed by atoms with Gasteiger partial charge in [-0.2, -0.15) is 0 Å². The lowest BCUT2D eigenvalue weighted by molar-refractivity contribution is -0.385. The van der Waals surface area contributed by atoms with Crippen molar-refractivity contribution in [3.8, 4) is 0 Å². The predicted molar refractivity (Wildman–Crippen MR) is 559 cm³/mol. The van der Waals surface area contributed by atoms with Gasteiger partial charge in [-0.15, -0.1) is 0 Å². The van der Waals surface area contributed by atoms with Crippen molar-refractivity contribution in [2.45, 2.75) is 499 Å². The van der Waals surface area contributed by atoms with Gasteiger partial charge < -0.3 is 110 Å². The number of aliphatic hydroxyl groups is 3. The number of rotatable bonds is 29. The Morgan fingerprint density at radius 3 is 1.84 bits per heavy atom. The lowest BCUT2D eigenvalue weighted by Crippen LogP contribution is -2.69. The summed E-state index contributed by atoms with van der Waals surface area (Å²) in [4.78, 5) is 25.8. The lowest BCUT2D eigenvalue weighted by atomic mass is 9.81. The summed E-state index contributed by atoms with van der Waals surface area (Å²) in [5, 5.41) is 31.4. The van der Waals surface area contributed by atoms with E-state index >= 15 is 0 Å². The topological polar surface area (TPSA) is 371 Å². The summed E-state index contributed by atoms with van der Waals surface area (Å²) in [5.74, 6) is -0.345. The number of carbonyl (C=O) groups excluding carboxylic acids is 2. The maximum absolute atomic E-state index is 14.0. The highest BCUT2D eigenvalue weighted by Gasteiger charge is 2.63. The van der Waals surface area contributed by atoms with Gasteiger partial charge in [0.05, 0.1) is 143 Å². The molecule has 10 bridgehead atoms. The third-order valence-electron chi connectivity index (χ3n) is 34.1. The molecule has 1 aromatic rings. The highest BCUT2D eigenvalue weighted by atomic mass is 127. The van der Waals surface area contributed by atoms with Gasteiger partial charge in [0.1, 0.15) is 73.5 Å². The summed E-state index contributed by atoms with van der Waals surface area (Å²) in [6.07, 6.45) is 14.5. The normalized spacial score (nSPS) is 38.1. The fraction of sp³-hybridized carbons (Fsp3) is 0.832. The van der Waals surface area contributed by atoms with E-state index in [1.165, 1.54) is 0 Å². The first-order valence-electron chi connectivity index (χ1n) is 52.9. The Hall–Kier alpha value is -2.34. The Balaban J connectivity index is 0.000000199. The van der Waals surface area contributed by atoms with E-state index in [1.54, 1.807) is 38.5 Å². The molecule has 13 saturated heterocycles. The van der Waals surface area contributed by atoms with Crippen LogP contribution in [0.4, 0.5) is 0 Å². The molecule has 0 radical (unpaired) electrons. The van der Waals surface area contributed by atoms with Crippen LogP contribution in [0.5, 0.6) is 0 Å². The maximum atomic E-state index is 14.0. The smallest absolute Gasteiger partial charge is 0.193 e. The molecule has 13 aliphatic rings. The molecule has 0 aromatic heterocycles. The van der Waals surface area contributed by atoms with Gasteiger partial charge in [-0.1, -0.05) is 164 Å². The number of aldehydes is 1. The molecule has 806 valence electrons. The molecule has 0 aliphatic carbocycles. The van der Waals surface area contributed by atoms with Crippen molar-refractivity contribution in [3.63, 3.8) is 0 Å². The van der Waals surface area contributed by atoms with Crippen LogP contribution in [0.3, 0.4) is 0 Å². The summed E-state index contributed by atoms with van der Waals surface area (Å²) in [6.45, 7) is 61.2. The Morgan fingerprint density at radius 1 is 0.603 bits per heavy atom. The minimum absolute atomic E-state index is 0.00170. The Bertz CT molecular complexity index is 4490. The van der Waals surface area contributed by atoms with Crippen LogP contribution in [0.1, 0.15) is 257 Å². The molecular formula is C107H180INO27S2Si3. The largest absolute Gasteiger partial charge is 0.748 e. The molecule has 141 heavy (non-hydrogen) atoms. The number of ketones is 1. The van der Waals surface area contributed by atoms with Crippen molar-refractivity contribution >= 4 is 79.6 Å². The summed E-state index contributed by atoms with van der Waals surface area (Å²) in [6, 6.07) is 8.67. The maximum Gasteiger partial charge on any atom is 0.193 e. The number of sulfone groups is 1. The number of hydrogen-bond acceptors (Lipinski definition) is 27. The molecular weight excluding hydrogens is 2010 g/mol. The molecule has 1 unspecified atom stereocenters. The number of quaternary nitrogens is 1. The number of halogens is 1. The standard InChI is InChI=1S/C40H61NO11.C35H54O7S.C31H61IO6Si3.CH4O3S/c1-20-13-25-5-7-29-21(2)14-27(46-29)9-11-40-12-10-31(51-40)37-35(44)39(52-40)38-30(50-37)8-6-26(48-38)15-23(42)16-28-33(18-32(47-25)22(20)3)49-34(36(28)45-4)17-24(43)19-41;1-7-23(2)18-34-35(39-6)30(22-43(37,38)29-13-9-8-10-14-29)33(42-34)21-32-26(5)24(3)19-28(41-32)15-16-31-25(4)20-27(40-31)12-11-17-36;1-29(2,3)39(10,11)36-24(18-20-32)26-28(38-41(14,15)31(7,8)9)27(37-40(12,13)30(4,5)6)25-23(35-26)17-16-22(34-25)19-21-33;1-5(2,3)4/h20,24-39,43-44H,2-3,5-19,41H2,1,4H3;8-10,13-14,23-24,27-28,30-36H,4-5,7,11-12,15-22H2,1-3,6H3;18,20-28H,16-17,19H2,1-15H3;1H3,(H,2,3,4)/b;;20-18+;/t20-,24+,25+,26?,27+,28+,29+,30+,31+,32-,33+,34-,35-,36-,37+,38+,39-,40+;23-,24-,27+,28+,30+,31+,32-,33+,34-,35-;22-,23+,24+,25+,26+,27+,28-;/m111./s1. The van der Waals surface area contributed by atoms with Gasteiger partial charge >= 0.3 is 0 Å². The Kier molecular flexibility index (Phi) is 42.6.